The Balaban J connectivity index is 0.00000353. The fourth-order valence-electron chi connectivity index (χ4n) is 4.15. The first kappa shape index (κ1) is 28.3. The molecule has 3 aromatic heterocycles. The normalized spacial score (nSPS) is 14.4. The van der Waals surface area contributed by atoms with Gasteiger partial charge in [0.05, 0.1) is 41.9 Å². The van der Waals surface area contributed by atoms with Gasteiger partial charge in [0.25, 0.3) is 11.7 Å². The van der Waals surface area contributed by atoms with Gasteiger partial charge in [-0.2, -0.15) is 23.3 Å². The Hall–Kier alpha value is -3.71. The summed E-state index contributed by atoms with van der Waals surface area (Å²) < 4.78 is 54.3. The molecular weight excluding hydrogens is 539 g/mol. The van der Waals surface area contributed by atoms with Gasteiger partial charge in [0.15, 0.2) is 0 Å². The molecule has 1 aliphatic heterocycles. The van der Waals surface area contributed by atoms with Crippen molar-refractivity contribution in [1.29, 1.82) is 0 Å². The average molecular weight is 566 g/mol. The predicted octanol–water partition coefficient (Wildman–Crippen LogP) is 4.28. The second kappa shape index (κ2) is 10.8. The lowest BCUT2D eigenvalue weighted by Crippen LogP contribution is -2.35. The van der Waals surface area contributed by atoms with E-state index >= 15 is 0 Å². The maximum absolute atomic E-state index is 14.1. The predicted molar refractivity (Wildman–Crippen MR) is 138 cm³/mol. The number of fused-ring (bicyclic) bond motifs is 1. The Morgan fingerprint density at radius 3 is 2.54 bits per heavy atom. The molecule has 0 bridgehead atoms. The van der Waals surface area contributed by atoms with Gasteiger partial charge < -0.3 is 19.5 Å². The largest absolute Gasteiger partial charge is 0.416 e. The molecule has 1 aromatic carbocycles. The Kier molecular flexibility index (Phi) is 7.84. The first-order valence-electron chi connectivity index (χ1n) is 12.0. The monoisotopic (exact) mass is 565 g/mol. The molecule has 1 N–H and O–H groups in total. The number of anilines is 1. The standard InChI is InChI=1S/C25H26F3N7O3.ClH/c1-24(2,3)23-32-21(33-38-23)22(36)29-12-16-5-4-15(10-18(16)25(26,27)28)20-19-11-17(13-35(19)31-14-30-20)34-6-8-37-9-7-34;/h4-5,10-11,13-14H,6-9,12H2,1-3H3,(H,29,36);1H. The number of ether oxygens (including phenoxy) is 1. The Labute approximate surface area is 227 Å². The lowest BCUT2D eigenvalue weighted by atomic mass is 9.97. The second-order valence-corrected chi connectivity index (χ2v) is 9.96. The zero-order valence-corrected chi connectivity index (χ0v) is 22.3. The van der Waals surface area contributed by atoms with Gasteiger partial charge in [-0.1, -0.05) is 38.1 Å². The van der Waals surface area contributed by atoms with Gasteiger partial charge in [-0.05, 0) is 17.7 Å². The number of rotatable bonds is 5. The fraction of sp³-hybridized carbons (Fsp3) is 0.400. The lowest BCUT2D eigenvalue weighted by molar-refractivity contribution is -0.138. The van der Waals surface area contributed by atoms with E-state index in [1.807, 2.05) is 33.0 Å². The maximum atomic E-state index is 14.1. The number of amides is 1. The van der Waals surface area contributed by atoms with E-state index < -0.39 is 23.1 Å². The van der Waals surface area contributed by atoms with Gasteiger partial charge >= 0.3 is 6.18 Å². The lowest BCUT2D eigenvalue weighted by Gasteiger charge is -2.27. The Morgan fingerprint density at radius 1 is 1.13 bits per heavy atom. The summed E-state index contributed by atoms with van der Waals surface area (Å²) in [5.74, 6) is -0.725. The molecule has 4 heterocycles. The van der Waals surface area contributed by atoms with Crippen molar-refractivity contribution in [1.82, 2.24) is 30.1 Å². The molecule has 0 spiro atoms. The molecule has 1 amide bonds. The number of carbonyl (C=O) groups is 1. The van der Waals surface area contributed by atoms with Crippen LogP contribution in [0.3, 0.4) is 0 Å². The summed E-state index contributed by atoms with van der Waals surface area (Å²) >= 11 is 0. The van der Waals surface area contributed by atoms with Crippen LogP contribution in [0.2, 0.25) is 0 Å². The van der Waals surface area contributed by atoms with Crippen LogP contribution >= 0.6 is 12.4 Å². The second-order valence-electron chi connectivity index (χ2n) is 9.96. The van der Waals surface area contributed by atoms with Crippen LogP contribution in [0.4, 0.5) is 18.9 Å². The molecule has 4 aromatic rings. The minimum Gasteiger partial charge on any atom is -0.378 e. The minimum absolute atomic E-state index is 0. The van der Waals surface area contributed by atoms with E-state index in [1.54, 1.807) is 10.6 Å². The minimum atomic E-state index is -4.66. The highest BCUT2D eigenvalue weighted by Crippen LogP contribution is 2.36. The number of alkyl halides is 3. The van der Waals surface area contributed by atoms with Gasteiger partial charge in [-0.25, -0.2) is 9.50 Å². The highest BCUT2D eigenvalue weighted by molar-refractivity contribution is 5.90. The zero-order valence-electron chi connectivity index (χ0n) is 21.4. The molecule has 208 valence electrons. The van der Waals surface area contributed by atoms with Crippen LogP contribution in [0.15, 0.2) is 41.3 Å². The number of benzene rings is 1. The SMILES string of the molecule is CC(C)(C)c1nc(C(=O)NCc2ccc(-c3ncnn4cc(N5CCOCC5)cc34)cc2C(F)(F)F)no1.Cl. The van der Waals surface area contributed by atoms with Crippen molar-refractivity contribution < 1.29 is 27.2 Å². The van der Waals surface area contributed by atoms with Crippen molar-refractivity contribution in [3.8, 4) is 11.3 Å². The van der Waals surface area contributed by atoms with E-state index in [1.165, 1.54) is 12.4 Å². The van der Waals surface area contributed by atoms with Crippen LogP contribution in [-0.2, 0) is 22.9 Å². The van der Waals surface area contributed by atoms with E-state index in [2.05, 4.69) is 30.4 Å². The van der Waals surface area contributed by atoms with Crippen LogP contribution in [0.5, 0.6) is 0 Å². The molecule has 0 radical (unpaired) electrons. The van der Waals surface area contributed by atoms with Crippen LogP contribution < -0.4 is 10.2 Å². The number of morpholine rings is 1. The molecule has 0 unspecified atom stereocenters. The van der Waals surface area contributed by atoms with E-state index in [0.717, 1.165) is 11.8 Å². The van der Waals surface area contributed by atoms with E-state index in [-0.39, 0.29) is 41.8 Å². The number of hydrogen-bond acceptors (Lipinski definition) is 8. The molecular formula is C25H27ClF3N7O3. The number of carbonyl (C=O) groups excluding carboxylic acids is 1. The van der Waals surface area contributed by atoms with Crippen molar-refractivity contribution in [3.05, 3.63) is 59.6 Å². The van der Waals surface area contributed by atoms with Crippen LogP contribution in [0.1, 0.15) is 48.4 Å². The van der Waals surface area contributed by atoms with Gasteiger partial charge in [0, 0.05) is 30.6 Å². The van der Waals surface area contributed by atoms with Gasteiger partial charge in [-0.15, -0.1) is 12.4 Å². The van der Waals surface area contributed by atoms with E-state index in [0.29, 0.717) is 37.5 Å². The first-order chi connectivity index (χ1) is 18.0. The van der Waals surface area contributed by atoms with Crippen molar-refractivity contribution in [3.63, 3.8) is 0 Å². The van der Waals surface area contributed by atoms with Crippen molar-refractivity contribution >= 4 is 29.5 Å². The Bertz CT molecular complexity index is 1470. The summed E-state index contributed by atoms with van der Waals surface area (Å²) in [5, 5.41) is 10.3. The van der Waals surface area contributed by atoms with Crippen LogP contribution in [-0.4, -0.2) is 56.9 Å². The number of nitrogens with one attached hydrogen (secondary N) is 1. The smallest absolute Gasteiger partial charge is 0.378 e. The number of nitrogens with zero attached hydrogens (tertiary/aromatic N) is 6. The maximum Gasteiger partial charge on any atom is 0.416 e. The quantitative estimate of drug-likeness (QED) is 0.382. The van der Waals surface area contributed by atoms with E-state index in [9.17, 15) is 18.0 Å². The summed E-state index contributed by atoms with van der Waals surface area (Å²) in [5.41, 5.74) is 0.650. The summed E-state index contributed by atoms with van der Waals surface area (Å²) in [4.78, 5) is 22.9. The molecule has 0 atom stereocenters. The van der Waals surface area contributed by atoms with Crippen molar-refractivity contribution in [2.75, 3.05) is 31.2 Å². The highest BCUT2D eigenvalue weighted by Gasteiger charge is 2.34. The molecule has 39 heavy (non-hydrogen) atoms. The summed E-state index contributed by atoms with van der Waals surface area (Å²) in [7, 11) is 0. The summed E-state index contributed by atoms with van der Waals surface area (Å²) in [6.45, 7) is 7.74. The first-order valence-corrected chi connectivity index (χ1v) is 12.0. The molecule has 5 rings (SSSR count). The third kappa shape index (κ3) is 5.98. The molecule has 0 saturated carbocycles. The van der Waals surface area contributed by atoms with Gasteiger partial charge in [0.2, 0.25) is 5.89 Å². The Morgan fingerprint density at radius 2 is 1.87 bits per heavy atom. The van der Waals surface area contributed by atoms with Crippen LogP contribution in [0, 0.1) is 0 Å². The topological polar surface area (TPSA) is 111 Å². The molecule has 0 aliphatic carbocycles. The fourth-order valence-corrected chi connectivity index (χ4v) is 4.15. The van der Waals surface area contributed by atoms with E-state index in [4.69, 9.17) is 9.26 Å². The average Bonchev–Trinajstić information content (AvgIpc) is 3.55. The molecule has 1 fully saturated rings. The molecule has 10 nitrogen and oxygen atoms in total. The van der Waals surface area contributed by atoms with Crippen LogP contribution in [0.25, 0.3) is 16.8 Å². The third-order valence-electron chi connectivity index (χ3n) is 6.17. The highest BCUT2D eigenvalue weighted by atomic mass is 35.5. The van der Waals surface area contributed by atoms with Crippen molar-refractivity contribution in [2.45, 2.75) is 38.9 Å². The molecule has 14 heteroatoms. The summed E-state index contributed by atoms with van der Waals surface area (Å²) in [6, 6.07) is 5.78. The van der Waals surface area contributed by atoms with Crippen molar-refractivity contribution in [2.24, 2.45) is 0 Å². The van der Waals surface area contributed by atoms with Gasteiger partial charge in [-0.3, -0.25) is 4.79 Å². The zero-order chi connectivity index (χ0) is 27.1. The molecule has 1 saturated heterocycles. The van der Waals surface area contributed by atoms with Gasteiger partial charge in [0.1, 0.15) is 6.33 Å². The molecule has 1 aliphatic rings. The number of aromatic nitrogens is 5. The third-order valence-corrected chi connectivity index (χ3v) is 6.17. The number of halogens is 4. The summed E-state index contributed by atoms with van der Waals surface area (Å²) in [6.07, 6.45) is -1.53. The number of hydrogen-bond donors (Lipinski definition) is 1.